The topological polar surface area (TPSA) is 81.4 Å². The number of aliphatic carboxylic acids is 1. The van der Waals surface area contributed by atoms with Gasteiger partial charge in [0.15, 0.2) is 5.41 Å². The van der Waals surface area contributed by atoms with E-state index in [1.165, 1.54) is 0 Å². The van der Waals surface area contributed by atoms with Gasteiger partial charge in [0.05, 0.1) is 12.3 Å². The second-order valence-corrected chi connectivity index (χ2v) is 4.81. The Morgan fingerprint density at radius 1 is 1.53 bits per heavy atom. The Labute approximate surface area is 112 Å². The molecule has 0 aliphatic carbocycles. The molecule has 1 aromatic heterocycles. The van der Waals surface area contributed by atoms with Crippen LogP contribution < -0.4 is 0 Å². The summed E-state index contributed by atoms with van der Waals surface area (Å²) in [5.41, 5.74) is -1.03. The SMILES string of the molecule is CCOC(=O)C(Cc1ccn(C)n1)(C(=O)O)C(C)C. The molecule has 0 spiro atoms. The predicted molar refractivity (Wildman–Crippen MR) is 68.5 cm³/mol. The van der Waals surface area contributed by atoms with Crippen molar-refractivity contribution >= 4 is 11.9 Å². The Morgan fingerprint density at radius 3 is 2.53 bits per heavy atom. The Hall–Kier alpha value is -1.85. The fourth-order valence-corrected chi connectivity index (χ4v) is 2.02. The number of hydrogen-bond donors (Lipinski definition) is 1. The molecule has 0 radical (unpaired) electrons. The van der Waals surface area contributed by atoms with Crippen LogP contribution in [0.2, 0.25) is 0 Å². The monoisotopic (exact) mass is 268 g/mol. The van der Waals surface area contributed by atoms with Crippen molar-refractivity contribution in [2.75, 3.05) is 6.61 Å². The smallest absolute Gasteiger partial charge is 0.324 e. The van der Waals surface area contributed by atoms with Crippen LogP contribution >= 0.6 is 0 Å². The third kappa shape index (κ3) is 2.94. The number of carbonyl (C=O) groups is 2. The zero-order chi connectivity index (χ0) is 14.6. The molecule has 0 amide bonds. The summed E-state index contributed by atoms with van der Waals surface area (Å²) < 4.78 is 6.53. The van der Waals surface area contributed by atoms with Crippen molar-refractivity contribution in [2.45, 2.75) is 27.2 Å². The molecule has 0 fully saturated rings. The van der Waals surface area contributed by atoms with E-state index < -0.39 is 23.3 Å². The first-order valence-electron chi connectivity index (χ1n) is 6.23. The molecule has 106 valence electrons. The molecular formula is C13H20N2O4. The van der Waals surface area contributed by atoms with Crippen LogP contribution in [0.25, 0.3) is 0 Å². The van der Waals surface area contributed by atoms with Gasteiger partial charge in [-0.1, -0.05) is 13.8 Å². The molecule has 1 heterocycles. The van der Waals surface area contributed by atoms with Gasteiger partial charge in [0.25, 0.3) is 0 Å². The van der Waals surface area contributed by atoms with Gasteiger partial charge in [-0.05, 0) is 18.9 Å². The maximum Gasteiger partial charge on any atom is 0.324 e. The zero-order valence-electron chi connectivity index (χ0n) is 11.7. The number of esters is 1. The van der Waals surface area contributed by atoms with Crippen LogP contribution in [0.15, 0.2) is 12.3 Å². The lowest BCUT2D eigenvalue weighted by Gasteiger charge is -2.30. The maximum atomic E-state index is 12.1. The van der Waals surface area contributed by atoms with Crippen LogP contribution in [0.5, 0.6) is 0 Å². The van der Waals surface area contributed by atoms with E-state index in [-0.39, 0.29) is 13.0 Å². The van der Waals surface area contributed by atoms with E-state index in [4.69, 9.17) is 4.74 Å². The van der Waals surface area contributed by atoms with Crippen LogP contribution in [0.3, 0.4) is 0 Å². The minimum absolute atomic E-state index is 0.0275. The third-order valence-corrected chi connectivity index (χ3v) is 3.24. The molecule has 0 saturated carbocycles. The van der Waals surface area contributed by atoms with E-state index in [0.29, 0.717) is 5.69 Å². The van der Waals surface area contributed by atoms with Crippen molar-refractivity contribution in [3.63, 3.8) is 0 Å². The molecule has 0 aromatic carbocycles. The molecular weight excluding hydrogens is 248 g/mol. The molecule has 0 saturated heterocycles. The van der Waals surface area contributed by atoms with E-state index in [1.807, 2.05) is 0 Å². The maximum absolute atomic E-state index is 12.1. The number of aromatic nitrogens is 2. The van der Waals surface area contributed by atoms with Gasteiger partial charge < -0.3 is 9.84 Å². The highest BCUT2D eigenvalue weighted by molar-refractivity contribution is 5.99. The number of ether oxygens (including phenoxy) is 1. The van der Waals surface area contributed by atoms with Gasteiger partial charge in [-0.15, -0.1) is 0 Å². The number of hydrogen-bond acceptors (Lipinski definition) is 4. The van der Waals surface area contributed by atoms with Crippen molar-refractivity contribution in [3.8, 4) is 0 Å². The second-order valence-electron chi connectivity index (χ2n) is 4.81. The fourth-order valence-electron chi connectivity index (χ4n) is 2.02. The van der Waals surface area contributed by atoms with Crippen molar-refractivity contribution in [1.29, 1.82) is 0 Å². The van der Waals surface area contributed by atoms with Gasteiger partial charge in [-0.2, -0.15) is 5.10 Å². The van der Waals surface area contributed by atoms with Crippen molar-refractivity contribution < 1.29 is 19.4 Å². The van der Waals surface area contributed by atoms with Crippen molar-refractivity contribution in [1.82, 2.24) is 9.78 Å². The second kappa shape index (κ2) is 5.86. The number of carbonyl (C=O) groups excluding carboxylic acids is 1. The number of nitrogens with zero attached hydrogens (tertiary/aromatic N) is 2. The van der Waals surface area contributed by atoms with Gasteiger partial charge in [0.2, 0.25) is 0 Å². The number of aryl methyl sites for hydroxylation is 1. The average Bonchev–Trinajstić information content (AvgIpc) is 2.70. The van der Waals surface area contributed by atoms with Gasteiger partial charge in [-0.25, -0.2) is 0 Å². The molecule has 19 heavy (non-hydrogen) atoms. The lowest BCUT2D eigenvalue weighted by molar-refractivity contribution is -0.172. The molecule has 1 unspecified atom stereocenters. The lowest BCUT2D eigenvalue weighted by Crippen LogP contribution is -2.47. The number of carboxylic acids is 1. The first-order chi connectivity index (χ1) is 8.84. The van der Waals surface area contributed by atoms with E-state index >= 15 is 0 Å². The van der Waals surface area contributed by atoms with E-state index in [2.05, 4.69) is 5.10 Å². The molecule has 6 heteroatoms. The first-order valence-corrected chi connectivity index (χ1v) is 6.23. The highest BCUT2D eigenvalue weighted by atomic mass is 16.5. The summed E-state index contributed by atoms with van der Waals surface area (Å²) in [6.45, 7) is 5.22. The molecule has 0 aliphatic rings. The van der Waals surface area contributed by atoms with E-state index in [9.17, 15) is 14.7 Å². The number of carboxylic acid groups (broad SMARTS) is 1. The Morgan fingerprint density at radius 2 is 2.16 bits per heavy atom. The standard InChI is InChI=1S/C13H20N2O4/c1-5-19-12(18)13(9(2)3,11(16)17)8-10-6-7-15(4)14-10/h6-7,9H,5,8H2,1-4H3,(H,16,17). The van der Waals surface area contributed by atoms with Gasteiger partial charge in [0.1, 0.15) is 0 Å². The summed E-state index contributed by atoms with van der Waals surface area (Å²) in [4.78, 5) is 23.8. The van der Waals surface area contributed by atoms with Crippen molar-refractivity contribution in [3.05, 3.63) is 18.0 Å². The molecule has 1 rings (SSSR count). The highest BCUT2D eigenvalue weighted by Crippen LogP contribution is 2.33. The molecule has 1 aromatic rings. The average molecular weight is 268 g/mol. The van der Waals surface area contributed by atoms with Crippen LogP contribution in [-0.4, -0.2) is 33.4 Å². The van der Waals surface area contributed by atoms with E-state index in [1.54, 1.807) is 44.8 Å². The molecule has 0 bridgehead atoms. The third-order valence-electron chi connectivity index (χ3n) is 3.24. The summed E-state index contributed by atoms with van der Waals surface area (Å²) in [6, 6.07) is 1.71. The minimum Gasteiger partial charge on any atom is -0.480 e. The zero-order valence-corrected chi connectivity index (χ0v) is 11.7. The minimum atomic E-state index is -1.59. The van der Waals surface area contributed by atoms with Crippen LogP contribution in [0.1, 0.15) is 26.5 Å². The number of rotatable bonds is 6. The Bertz CT molecular complexity index is 467. The summed E-state index contributed by atoms with van der Waals surface area (Å²) in [5, 5.41) is 13.7. The first kappa shape index (κ1) is 15.2. The predicted octanol–water partition coefficient (Wildman–Crippen LogP) is 1.25. The fraction of sp³-hybridized carbons (Fsp3) is 0.615. The molecule has 1 N–H and O–H groups in total. The lowest BCUT2D eigenvalue weighted by atomic mass is 9.73. The van der Waals surface area contributed by atoms with Gasteiger partial charge in [0, 0.05) is 19.7 Å². The summed E-state index contributed by atoms with van der Waals surface area (Å²) >= 11 is 0. The van der Waals surface area contributed by atoms with Crippen LogP contribution in [0.4, 0.5) is 0 Å². The highest BCUT2D eigenvalue weighted by Gasteiger charge is 2.51. The van der Waals surface area contributed by atoms with Crippen LogP contribution in [0, 0.1) is 11.3 Å². The molecule has 1 atom stereocenters. The Kier molecular flexibility index (Phi) is 4.69. The quantitative estimate of drug-likeness (QED) is 0.620. The molecule has 6 nitrogen and oxygen atoms in total. The summed E-state index contributed by atoms with van der Waals surface area (Å²) in [5.74, 6) is -2.28. The van der Waals surface area contributed by atoms with Crippen molar-refractivity contribution in [2.24, 2.45) is 18.4 Å². The van der Waals surface area contributed by atoms with Gasteiger partial charge >= 0.3 is 11.9 Å². The summed E-state index contributed by atoms with van der Waals surface area (Å²) in [6.07, 6.45) is 1.74. The van der Waals surface area contributed by atoms with E-state index in [0.717, 1.165) is 0 Å². The normalized spacial score (nSPS) is 14.2. The van der Waals surface area contributed by atoms with Crippen LogP contribution in [-0.2, 0) is 27.8 Å². The largest absolute Gasteiger partial charge is 0.480 e. The van der Waals surface area contributed by atoms with Gasteiger partial charge in [-0.3, -0.25) is 14.3 Å². The molecule has 0 aliphatic heterocycles. The summed E-state index contributed by atoms with van der Waals surface area (Å²) in [7, 11) is 1.74. The Balaban J connectivity index is 3.16.